The van der Waals surface area contributed by atoms with Crippen molar-refractivity contribution in [2.24, 2.45) is 0 Å². The van der Waals surface area contributed by atoms with Gasteiger partial charge < -0.3 is 4.74 Å². The van der Waals surface area contributed by atoms with Crippen LogP contribution >= 0.6 is 11.6 Å². The first-order valence-corrected chi connectivity index (χ1v) is 6.31. The summed E-state index contributed by atoms with van der Waals surface area (Å²) >= 11 is 5.11. The lowest BCUT2D eigenvalue weighted by Crippen LogP contribution is -2.20. The average Bonchev–Trinajstić information content (AvgIpc) is 2.54. The van der Waals surface area contributed by atoms with Gasteiger partial charge in [-0.3, -0.25) is 4.79 Å². The molecular weight excluding hydrogens is 288 g/mol. The predicted octanol–water partition coefficient (Wildman–Crippen LogP) is 3.28. The number of nitrogens with zero attached hydrogens (tertiary/aromatic N) is 2. The van der Waals surface area contributed by atoms with E-state index in [1.54, 1.807) is 48.5 Å². The van der Waals surface area contributed by atoms with E-state index in [9.17, 15) is 4.79 Å². The number of carbonyl (C=O) groups excluding carboxylic acids is 1. The molecule has 5 heteroatoms. The van der Waals surface area contributed by atoms with Crippen molar-refractivity contribution in [1.82, 2.24) is 0 Å². The number of ether oxygens (including phenoxy) is 1. The zero-order valence-electron chi connectivity index (χ0n) is 10.9. The predicted molar refractivity (Wildman–Crippen MR) is 78.5 cm³/mol. The van der Waals surface area contributed by atoms with Crippen molar-refractivity contribution in [3.05, 3.63) is 66.2 Å². The van der Waals surface area contributed by atoms with Crippen LogP contribution in [-0.4, -0.2) is 11.3 Å². The molecule has 0 heterocycles. The lowest BCUT2D eigenvalue weighted by molar-refractivity contribution is -0.115. The van der Waals surface area contributed by atoms with E-state index in [-0.39, 0.29) is 0 Å². The summed E-state index contributed by atoms with van der Waals surface area (Å²) in [6.45, 7) is 0. The number of hydrogen-bond donors (Lipinski definition) is 0. The standard InChI is InChI=1S/C9H6ClNO2.C7H5N/c10-9(12)8(6-11)13-7-4-2-1-3-5-7;8-6-7-4-2-1-3-5-7/h1-5,8H;1-5H. The first kappa shape index (κ1) is 16.2. The van der Waals surface area contributed by atoms with Gasteiger partial charge in [0.25, 0.3) is 11.3 Å². The second-order valence-electron chi connectivity index (χ2n) is 3.72. The second kappa shape index (κ2) is 9.14. The Balaban J connectivity index is 0.000000235. The van der Waals surface area contributed by atoms with Gasteiger partial charge in [-0.2, -0.15) is 10.5 Å². The third-order valence-electron chi connectivity index (χ3n) is 2.22. The minimum Gasteiger partial charge on any atom is -0.466 e. The van der Waals surface area contributed by atoms with Crippen LogP contribution in [0.25, 0.3) is 0 Å². The minimum absolute atomic E-state index is 0.447. The molecule has 0 bridgehead atoms. The zero-order valence-corrected chi connectivity index (χ0v) is 11.7. The molecule has 0 amide bonds. The molecule has 21 heavy (non-hydrogen) atoms. The van der Waals surface area contributed by atoms with E-state index in [0.29, 0.717) is 11.3 Å². The van der Waals surface area contributed by atoms with Crippen molar-refractivity contribution >= 4 is 16.8 Å². The number of halogens is 1. The quantitative estimate of drug-likeness (QED) is 0.815. The van der Waals surface area contributed by atoms with Gasteiger partial charge in [0, 0.05) is 0 Å². The molecule has 0 aliphatic rings. The van der Waals surface area contributed by atoms with Crippen molar-refractivity contribution in [3.63, 3.8) is 0 Å². The molecule has 4 nitrogen and oxygen atoms in total. The maximum atomic E-state index is 10.6. The maximum Gasteiger partial charge on any atom is 0.277 e. The van der Waals surface area contributed by atoms with E-state index in [0.717, 1.165) is 0 Å². The number of hydrogen-bond acceptors (Lipinski definition) is 4. The van der Waals surface area contributed by atoms with E-state index in [2.05, 4.69) is 0 Å². The molecule has 1 atom stereocenters. The minimum atomic E-state index is -1.23. The van der Waals surface area contributed by atoms with Gasteiger partial charge in [-0.05, 0) is 35.9 Å². The van der Waals surface area contributed by atoms with Crippen molar-refractivity contribution in [2.45, 2.75) is 6.10 Å². The first-order chi connectivity index (χ1) is 10.2. The summed E-state index contributed by atoms with van der Waals surface area (Å²) in [6.07, 6.45) is -1.23. The molecule has 2 rings (SSSR count). The fraction of sp³-hybridized carbons (Fsp3) is 0.0625. The van der Waals surface area contributed by atoms with Gasteiger partial charge in [-0.25, -0.2) is 0 Å². The van der Waals surface area contributed by atoms with E-state index in [4.69, 9.17) is 26.9 Å². The Morgan fingerprint density at radius 1 is 1.00 bits per heavy atom. The monoisotopic (exact) mass is 298 g/mol. The molecular formula is C16H11ClN2O2. The van der Waals surface area contributed by atoms with Crippen LogP contribution in [0.3, 0.4) is 0 Å². The lowest BCUT2D eigenvalue weighted by atomic mass is 10.2. The molecule has 0 aliphatic heterocycles. The molecule has 0 N–H and O–H groups in total. The van der Waals surface area contributed by atoms with Crippen LogP contribution in [-0.2, 0) is 4.79 Å². The molecule has 0 saturated carbocycles. The van der Waals surface area contributed by atoms with Crippen LogP contribution in [0.5, 0.6) is 5.75 Å². The summed E-state index contributed by atoms with van der Waals surface area (Å²) in [6, 6.07) is 21.4. The van der Waals surface area contributed by atoms with Gasteiger partial charge in [0.1, 0.15) is 11.8 Å². The molecule has 0 aliphatic carbocycles. The zero-order chi connectivity index (χ0) is 15.5. The van der Waals surface area contributed by atoms with Gasteiger partial charge in [0.2, 0.25) is 0 Å². The van der Waals surface area contributed by atoms with E-state index in [1.807, 2.05) is 24.3 Å². The lowest BCUT2D eigenvalue weighted by Gasteiger charge is -2.06. The number of para-hydroxylation sites is 1. The molecule has 0 saturated heterocycles. The fourth-order valence-electron chi connectivity index (χ4n) is 1.27. The van der Waals surface area contributed by atoms with Gasteiger partial charge in [-0.1, -0.05) is 36.4 Å². The van der Waals surface area contributed by atoms with Crippen molar-refractivity contribution in [3.8, 4) is 17.9 Å². The van der Waals surface area contributed by atoms with Crippen LogP contribution in [0.1, 0.15) is 5.56 Å². The molecule has 0 fully saturated rings. The van der Waals surface area contributed by atoms with Gasteiger partial charge >= 0.3 is 0 Å². The smallest absolute Gasteiger partial charge is 0.277 e. The summed E-state index contributed by atoms with van der Waals surface area (Å²) in [7, 11) is 0. The number of benzene rings is 2. The summed E-state index contributed by atoms with van der Waals surface area (Å²) in [5, 5.41) is 16.0. The maximum absolute atomic E-state index is 10.6. The summed E-state index contributed by atoms with van der Waals surface area (Å²) in [4.78, 5) is 10.6. The molecule has 2 aromatic rings. The highest BCUT2D eigenvalue weighted by Crippen LogP contribution is 2.11. The van der Waals surface area contributed by atoms with Crippen LogP contribution in [0.15, 0.2) is 60.7 Å². The summed E-state index contributed by atoms with van der Waals surface area (Å²) in [5.74, 6) is 0.447. The Kier molecular flexibility index (Phi) is 7.07. The summed E-state index contributed by atoms with van der Waals surface area (Å²) < 4.78 is 4.98. The number of rotatable bonds is 3. The third-order valence-corrected chi connectivity index (χ3v) is 2.42. The molecule has 0 spiro atoms. The highest BCUT2D eigenvalue weighted by Gasteiger charge is 2.16. The van der Waals surface area contributed by atoms with Gasteiger partial charge in [0.05, 0.1) is 11.6 Å². The Bertz CT molecular complexity index is 645. The normalized spacial score (nSPS) is 10.0. The summed E-state index contributed by atoms with van der Waals surface area (Å²) in [5.41, 5.74) is 0.715. The molecule has 1 unspecified atom stereocenters. The van der Waals surface area contributed by atoms with Crippen molar-refractivity contribution in [1.29, 1.82) is 10.5 Å². The topological polar surface area (TPSA) is 73.9 Å². The van der Waals surface area contributed by atoms with E-state index in [1.165, 1.54) is 0 Å². The largest absolute Gasteiger partial charge is 0.466 e. The van der Waals surface area contributed by atoms with Gasteiger partial charge in [-0.15, -0.1) is 0 Å². The highest BCUT2D eigenvalue weighted by molar-refractivity contribution is 6.65. The van der Waals surface area contributed by atoms with Crippen LogP contribution in [0.4, 0.5) is 0 Å². The average molecular weight is 299 g/mol. The van der Waals surface area contributed by atoms with Crippen LogP contribution in [0.2, 0.25) is 0 Å². The Morgan fingerprint density at radius 3 is 1.90 bits per heavy atom. The SMILES string of the molecule is N#CC(Oc1ccccc1)C(=O)Cl.N#Cc1ccccc1. The number of nitriles is 2. The number of carbonyl (C=O) groups is 1. The second-order valence-corrected chi connectivity index (χ2v) is 4.09. The van der Waals surface area contributed by atoms with E-state index >= 15 is 0 Å². The van der Waals surface area contributed by atoms with Crippen molar-refractivity contribution < 1.29 is 9.53 Å². The fourth-order valence-corrected chi connectivity index (χ4v) is 1.36. The Labute approximate surface area is 127 Å². The van der Waals surface area contributed by atoms with Gasteiger partial charge in [0.15, 0.2) is 0 Å². The Hall–Kier alpha value is -2.82. The molecule has 2 aromatic carbocycles. The highest BCUT2D eigenvalue weighted by atomic mass is 35.5. The van der Waals surface area contributed by atoms with Crippen LogP contribution < -0.4 is 4.74 Å². The van der Waals surface area contributed by atoms with E-state index < -0.39 is 11.3 Å². The van der Waals surface area contributed by atoms with Crippen LogP contribution in [0, 0.1) is 22.7 Å². The molecule has 0 radical (unpaired) electrons. The first-order valence-electron chi connectivity index (χ1n) is 5.93. The molecule has 0 aromatic heterocycles. The molecule has 104 valence electrons. The third kappa shape index (κ3) is 6.24. The Morgan fingerprint density at radius 2 is 1.52 bits per heavy atom. The van der Waals surface area contributed by atoms with Crippen molar-refractivity contribution in [2.75, 3.05) is 0 Å².